The second kappa shape index (κ2) is 7.37. The number of nitrogens with zero attached hydrogens (tertiary/aromatic N) is 2. The van der Waals surface area contributed by atoms with Gasteiger partial charge in [0.15, 0.2) is 0 Å². The summed E-state index contributed by atoms with van der Waals surface area (Å²) in [6.07, 6.45) is 8.05. The molecule has 21 heavy (non-hydrogen) atoms. The smallest absolute Gasteiger partial charge is 0.0673 e. The molecule has 0 aromatic carbocycles. The van der Waals surface area contributed by atoms with Crippen LogP contribution in [0.15, 0.2) is 24.4 Å². The van der Waals surface area contributed by atoms with Gasteiger partial charge in [0.05, 0.1) is 11.7 Å². The van der Waals surface area contributed by atoms with E-state index in [0.29, 0.717) is 5.41 Å². The average molecular weight is 289 g/mol. The first-order chi connectivity index (χ1) is 10.2. The Kier molecular flexibility index (Phi) is 5.77. The molecule has 2 atom stereocenters. The molecule has 1 aromatic rings. The van der Waals surface area contributed by atoms with Crippen LogP contribution >= 0.6 is 0 Å². The molecule has 118 valence electrons. The number of aromatic nitrogens is 1. The fourth-order valence-corrected chi connectivity index (χ4v) is 3.68. The van der Waals surface area contributed by atoms with Crippen LogP contribution in [0.25, 0.3) is 0 Å². The molecule has 3 heteroatoms. The SMILES string of the molecule is CCC(N)C(c1ccccn1)N1CCC(CC)(CC)CC1. The molecule has 1 fully saturated rings. The molecule has 0 spiro atoms. The van der Waals surface area contributed by atoms with Crippen LogP contribution in [0.2, 0.25) is 0 Å². The van der Waals surface area contributed by atoms with Crippen LogP contribution in [0.5, 0.6) is 0 Å². The summed E-state index contributed by atoms with van der Waals surface area (Å²) in [6.45, 7) is 9.15. The van der Waals surface area contributed by atoms with Crippen molar-refractivity contribution in [1.82, 2.24) is 9.88 Å². The fraction of sp³-hybridized carbons (Fsp3) is 0.722. The molecule has 2 unspecified atom stereocenters. The van der Waals surface area contributed by atoms with Gasteiger partial charge in [-0.2, -0.15) is 0 Å². The van der Waals surface area contributed by atoms with E-state index in [1.54, 1.807) is 0 Å². The minimum Gasteiger partial charge on any atom is -0.326 e. The lowest BCUT2D eigenvalue weighted by atomic mass is 9.73. The largest absolute Gasteiger partial charge is 0.326 e. The van der Waals surface area contributed by atoms with E-state index < -0.39 is 0 Å². The van der Waals surface area contributed by atoms with Gasteiger partial charge >= 0.3 is 0 Å². The molecular formula is C18H31N3. The van der Waals surface area contributed by atoms with Crippen molar-refractivity contribution in [3.8, 4) is 0 Å². The van der Waals surface area contributed by atoms with Crippen molar-refractivity contribution in [2.75, 3.05) is 13.1 Å². The van der Waals surface area contributed by atoms with Crippen molar-refractivity contribution >= 4 is 0 Å². The number of hydrogen-bond donors (Lipinski definition) is 1. The van der Waals surface area contributed by atoms with Gasteiger partial charge in [-0.3, -0.25) is 9.88 Å². The zero-order valence-corrected chi connectivity index (χ0v) is 13.9. The molecule has 3 nitrogen and oxygen atoms in total. The Hall–Kier alpha value is -0.930. The lowest BCUT2D eigenvalue weighted by Crippen LogP contribution is -2.47. The summed E-state index contributed by atoms with van der Waals surface area (Å²) in [4.78, 5) is 7.15. The first-order valence-electron chi connectivity index (χ1n) is 8.56. The third kappa shape index (κ3) is 3.64. The summed E-state index contributed by atoms with van der Waals surface area (Å²) in [6, 6.07) is 6.61. The predicted octanol–water partition coefficient (Wildman–Crippen LogP) is 3.76. The lowest BCUT2D eigenvalue weighted by Gasteiger charge is -2.45. The highest BCUT2D eigenvalue weighted by atomic mass is 15.2. The van der Waals surface area contributed by atoms with E-state index in [1.165, 1.54) is 25.7 Å². The van der Waals surface area contributed by atoms with Gasteiger partial charge in [0.25, 0.3) is 0 Å². The number of pyridine rings is 1. The Balaban J connectivity index is 2.13. The summed E-state index contributed by atoms with van der Waals surface area (Å²) in [7, 11) is 0. The Morgan fingerprint density at radius 1 is 1.19 bits per heavy atom. The second-order valence-electron chi connectivity index (χ2n) is 6.51. The van der Waals surface area contributed by atoms with Crippen molar-refractivity contribution < 1.29 is 0 Å². The third-order valence-corrected chi connectivity index (χ3v) is 5.62. The molecule has 0 saturated carbocycles. The highest BCUT2D eigenvalue weighted by Crippen LogP contribution is 2.40. The van der Waals surface area contributed by atoms with Gasteiger partial charge in [-0.1, -0.05) is 39.7 Å². The lowest BCUT2D eigenvalue weighted by molar-refractivity contribution is 0.0548. The number of rotatable bonds is 6. The van der Waals surface area contributed by atoms with Gasteiger partial charge in [0.1, 0.15) is 0 Å². The van der Waals surface area contributed by atoms with Crippen molar-refractivity contribution in [3.05, 3.63) is 30.1 Å². The van der Waals surface area contributed by atoms with Crippen LogP contribution < -0.4 is 5.73 Å². The molecule has 0 radical (unpaired) electrons. The Bertz CT molecular complexity index is 404. The van der Waals surface area contributed by atoms with E-state index in [9.17, 15) is 0 Å². The summed E-state index contributed by atoms with van der Waals surface area (Å²) >= 11 is 0. The van der Waals surface area contributed by atoms with Crippen LogP contribution in [0.1, 0.15) is 64.6 Å². The molecule has 2 rings (SSSR count). The predicted molar refractivity (Wildman–Crippen MR) is 89.1 cm³/mol. The number of hydrogen-bond acceptors (Lipinski definition) is 3. The zero-order valence-electron chi connectivity index (χ0n) is 13.9. The Morgan fingerprint density at radius 3 is 2.33 bits per heavy atom. The number of likely N-dealkylation sites (tertiary alicyclic amines) is 1. The Morgan fingerprint density at radius 2 is 1.86 bits per heavy atom. The van der Waals surface area contributed by atoms with Gasteiger partial charge in [-0.15, -0.1) is 0 Å². The minimum absolute atomic E-state index is 0.163. The molecule has 2 N–H and O–H groups in total. The quantitative estimate of drug-likeness (QED) is 0.867. The van der Waals surface area contributed by atoms with Crippen molar-refractivity contribution in [3.63, 3.8) is 0 Å². The van der Waals surface area contributed by atoms with Crippen molar-refractivity contribution in [2.45, 2.75) is 65.0 Å². The van der Waals surface area contributed by atoms with E-state index in [4.69, 9.17) is 5.73 Å². The van der Waals surface area contributed by atoms with Crippen molar-refractivity contribution in [2.24, 2.45) is 11.1 Å². The molecule has 1 aliphatic heterocycles. The highest BCUT2D eigenvalue weighted by Gasteiger charge is 2.35. The van der Waals surface area contributed by atoms with Gasteiger partial charge in [-0.25, -0.2) is 0 Å². The summed E-state index contributed by atoms with van der Waals surface area (Å²) in [5, 5.41) is 0. The maximum atomic E-state index is 6.43. The Labute approximate surface area is 129 Å². The maximum Gasteiger partial charge on any atom is 0.0673 e. The molecule has 0 bridgehead atoms. The van der Waals surface area contributed by atoms with Gasteiger partial charge in [-0.05, 0) is 49.9 Å². The molecule has 0 amide bonds. The summed E-state index contributed by atoms with van der Waals surface area (Å²) < 4.78 is 0. The molecule has 0 aliphatic carbocycles. The first kappa shape index (κ1) is 16.4. The van der Waals surface area contributed by atoms with E-state index in [0.717, 1.165) is 25.2 Å². The molecule has 2 heterocycles. The average Bonchev–Trinajstić information content (AvgIpc) is 2.56. The van der Waals surface area contributed by atoms with Crippen LogP contribution in [0, 0.1) is 5.41 Å². The van der Waals surface area contributed by atoms with E-state index in [-0.39, 0.29) is 12.1 Å². The van der Waals surface area contributed by atoms with Gasteiger partial charge < -0.3 is 5.73 Å². The zero-order chi connectivity index (χ0) is 15.3. The second-order valence-corrected chi connectivity index (χ2v) is 6.51. The molecule has 1 aromatic heterocycles. The summed E-state index contributed by atoms with van der Waals surface area (Å²) in [5.74, 6) is 0. The molecular weight excluding hydrogens is 258 g/mol. The molecule has 1 saturated heterocycles. The van der Waals surface area contributed by atoms with E-state index in [1.807, 2.05) is 12.3 Å². The normalized spacial score (nSPS) is 21.9. The van der Waals surface area contributed by atoms with E-state index in [2.05, 4.69) is 42.8 Å². The minimum atomic E-state index is 0.163. The van der Waals surface area contributed by atoms with Gasteiger partial charge in [0.2, 0.25) is 0 Å². The van der Waals surface area contributed by atoms with Crippen LogP contribution in [0.3, 0.4) is 0 Å². The highest BCUT2D eigenvalue weighted by molar-refractivity contribution is 5.12. The number of nitrogens with two attached hydrogens (primary N) is 1. The standard InChI is InChI=1S/C18H31N3/c1-4-15(19)17(16-9-7-8-12-20-16)21-13-10-18(5-2,6-3)11-14-21/h7-9,12,15,17H,4-6,10-11,13-14,19H2,1-3H3. The fourth-order valence-electron chi connectivity index (χ4n) is 3.68. The van der Waals surface area contributed by atoms with E-state index >= 15 is 0 Å². The molecule has 1 aliphatic rings. The van der Waals surface area contributed by atoms with Crippen LogP contribution in [-0.4, -0.2) is 29.0 Å². The van der Waals surface area contributed by atoms with Crippen LogP contribution in [-0.2, 0) is 0 Å². The van der Waals surface area contributed by atoms with Crippen LogP contribution in [0.4, 0.5) is 0 Å². The summed E-state index contributed by atoms with van der Waals surface area (Å²) in [5.41, 5.74) is 8.12. The topological polar surface area (TPSA) is 42.1 Å². The van der Waals surface area contributed by atoms with Crippen molar-refractivity contribution in [1.29, 1.82) is 0 Å². The maximum absolute atomic E-state index is 6.43. The van der Waals surface area contributed by atoms with Gasteiger partial charge in [0, 0.05) is 12.2 Å². The number of piperidine rings is 1. The monoisotopic (exact) mass is 289 g/mol. The first-order valence-corrected chi connectivity index (χ1v) is 8.56. The third-order valence-electron chi connectivity index (χ3n) is 5.62.